The van der Waals surface area contributed by atoms with Crippen molar-refractivity contribution in [2.75, 3.05) is 12.4 Å². The van der Waals surface area contributed by atoms with E-state index in [1.165, 1.54) is 19.2 Å². The fraction of sp³-hybridized carbons (Fsp3) is 0.333. The highest BCUT2D eigenvalue weighted by atomic mass is 16.5. The summed E-state index contributed by atoms with van der Waals surface area (Å²) in [6.45, 7) is 3.15. The van der Waals surface area contributed by atoms with Crippen molar-refractivity contribution in [2.24, 2.45) is 0 Å². The first-order valence-electron chi connectivity index (χ1n) is 5.21. The predicted octanol–water partition coefficient (Wildman–Crippen LogP) is 1.45. The molecule has 0 unspecified atom stereocenters. The summed E-state index contributed by atoms with van der Waals surface area (Å²) < 4.78 is 4.99. The third kappa shape index (κ3) is 2.98. The Kier molecular flexibility index (Phi) is 3.93. The molecule has 0 aliphatic heterocycles. The van der Waals surface area contributed by atoms with Gasteiger partial charge in [0.1, 0.15) is 11.4 Å². The molecular weight excluding hydrogens is 238 g/mol. The number of hydrogen-bond acceptors (Lipinski definition) is 4. The molecule has 0 fully saturated rings. The van der Waals surface area contributed by atoms with Crippen molar-refractivity contribution >= 4 is 17.6 Å². The molecule has 18 heavy (non-hydrogen) atoms. The molecule has 1 amide bonds. The van der Waals surface area contributed by atoms with E-state index >= 15 is 0 Å². The minimum absolute atomic E-state index is 0.0588. The number of methoxy groups -OCH3 is 1. The number of phenols is 1. The summed E-state index contributed by atoms with van der Waals surface area (Å²) in [5, 5.41) is 20.8. The van der Waals surface area contributed by atoms with Gasteiger partial charge in [-0.25, -0.2) is 4.79 Å². The van der Waals surface area contributed by atoms with E-state index in [1.807, 2.05) is 0 Å². The summed E-state index contributed by atoms with van der Waals surface area (Å²) in [6, 6.07) is 3.68. The number of rotatable bonds is 4. The van der Waals surface area contributed by atoms with Gasteiger partial charge in [0.15, 0.2) is 0 Å². The molecule has 6 nitrogen and oxygen atoms in total. The Morgan fingerprint density at radius 3 is 2.39 bits per heavy atom. The third-order valence-corrected chi connectivity index (χ3v) is 2.55. The van der Waals surface area contributed by atoms with Crippen molar-refractivity contribution in [3.8, 4) is 5.75 Å². The molecule has 98 valence electrons. The lowest BCUT2D eigenvalue weighted by molar-refractivity contribution is -0.133. The van der Waals surface area contributed by atoms with Gasteiger partial charge in [-0.3, -0.25) is 4.79 Å². The number of carbonyl (C=O) groups is 2. The molecule has 3 N–H and O–H groups in total. The van der Waals surface area contributed by atoms with E-state index in [0.717, 1.165) is 6.07 Å². The van der Waals surface area contributed by atoms with Gasteiger partial charge < -0.3 is 20.3 Å². The Balaban J connectivity index is 2.93. The summed E-state index contributed by atoms with van der Waals surface area (Å²) >= 11 is 0. The number of hydrogen-bond donors (Lipinski definition) is 3. The van der Waals surface area contributed by atoms with Gasteiger partial charge in [0.25, 0.3) is 5.91 Å². The molecule has 0 bridgehead atoms. The fourth-order valence-corrected chi connectivity index (χ4v) is 1.14. The van der Waals surface area contributed by atoms with Gasteiger partial charge in [-0.2, -0.15) is 0 Å². The molecule has 1 aromatic rings. The highest BCUT2D eigenvalue weighted by Gasteiger charge is 2.27. The summed E-state index contributed by atoms with van der Waals surface area (Å²) in [7, 11) is 1.40. The van der Waals surface area contributed by atoms with Gasteiger partial charge >= 0.3 is 5.97 Å². The van der Waals surface area contributed by atoms with E-state index < -0.39 is 17.5 Å². The number of carboxylic acid groups (broad SMARTS) is 1. The van der Waals surface area contributed by atoms with Crippen LogP contribution in [0.15, 0.2) is 18.2 Å². The van der Waals surface area contributed by atoms with Crippen LogP contribution in [-0.4, -0.2) is 34.8 Å². The largest absolute Gasteiger partial charge is 0.506 e. The Labute approximate surface area is 104 Å². The average molecular weight is 253 g/mol. The predicted molar refractivity (Wildman–Crippen MR) is 64.8 cm³/mol. The van der Waals surface area contributed by atoms with Crippen LogP contribution < -0.4 is 5.32 Å². The van der Waals surface area contributed by atoms with E-state index in [-0.39, 0.29) is 17.0 Å². The highest BCUT2D eigenvalue weighted by Crippen LogP contribution is 2.25. The van der Waals surface area contributed by atoms with Gasteiger partial charge in [-0.15, -0.1) is 0 Å². The molecule has 0 heterocycles. The van der Waals surface area contributed by atoms with Crippen LogP contribution in [0.2, 0.25) is 0 Å². The minimum atomic E-state index is -1.15. The standard InChI is InChI=1S/C12H15NO5/c1-12(2,18-3)11(17)13-8-5-4-7(10(15)16)6-9(8)14/h4-6,14H,1-3H3,(H,13,17)(H,15,16). The molecule has 0 saturated carbocycles. The quantitative estimate of drug-likeness (QED) is 0.706. The maximum Gasteiger partial charge on any atom is 0.335 e. The number of amides is 1. The summed E-state index contributed by atoms with van der Waals surface area (Å²) in [6.07, 6.45) is 0. The van der Waals surface area contributed by atoms with E-state index in [9.17, 15) is 14.7 Å². The van der Waals surface area contributed by atoms with Gasteiger partial charge in [0.2, 0.25) is 0 Å². The van der Waals surface area contributed by atoms with Crippen LogP contribution in [0.4, 0.5) is 5.69 Å². The second kappa shape index (κ2) is 5.05. The van der Waals surface area contributed by atoms with E-state index in [2.05, 4.69) is 5.32 Å². The number of carbonyl (C=O) groups excluding carboxylic acids is 1. The minimum Gasteiger partial charge on any atom is -0.506 e. The summed E-state index contributed by atoms with van der Waals surface area (Å²) in [5.41, 5.74) is -0.968. The average Bonchev–Trinajstić information content (AvgIpc) is 2.31. The second-order valence-electron chi connectivity index (χ2n) is 4.21. The number of aromatic hydroxyl groups is 1. The molecule has 0 aromatic heterocycles. The normalized spacial score (nSPS) is 11.1. The number of carboxylic acids is 1. The molecule has 0 atom stereocenters. The zero-order valence-electron chi connectivity index (χ0n) is 10.4. The van der Waals surface area contributed by atoms with Crippen LogP contribution in [0.5, 0.6) is 5.75 Å². The monoisotopic (exact) mass is 253 g/mol. The van der Waals surface area contributed by atoms with Crippen molar-refractivity contribution in [3.63, 3.8) is 0 Å². The molecule has 0 radical (unpaired) electrons. The number of anilines is 1. The highest BCUT2D eigenvalue weighted by molar-refractivity contribution is 5.98. The second-order valence-corrected chi connectivity index (χ2v) is 4.21. The van der Waals surface area contributed by atoms with Crippen LogP contribution in [0.1, 0.15) is 24.2 Å². The molecule has 1 aromatic carbocycles. The van der Waals surface area contributed by atoms with Gasteiger partial charge in [0, 0.05) is 7.11 Å². The smallest absolute Gasteiger partial charge is 0.335 e. The zero-order valence-corrected chi connectivity index (χ0v) is 10.4. The topological polar surface area (TPSA) is 95.9 Å². The maximum atomic E-state index is 11.8. The zero-order chi connectivity index (χ0) is 13.9. The number of nitrogens with one attached hydrogen (secondary N) is 1. The third-order valence-electron chi connectivity index (χ3n) is 2.55. The Morgan fingerprint density at radius 1 is 1.33 bits per heavy atom. The van der Waals surface area contributed by atoms with Crippen molar-refractivity contribution in [2.45, 2.75) is 19.4 Å². The van der Waals surface area contributed by atoms with E-state index in [4.69, 9.17) is 9.84 Å². The maximum absolute atomic E-state index is 11.8. The lowest BCUT2D eigenvalue weighted by Gasteiger charge is -2.22. The fourth-order valence-electron chi connectivity index (χ4n) is 1.14. The summed E-state index contributed by atoms with van der Waals surface area (Å²) in [4.78, 5) is 22.4. The van der Waals surface area contributed by atoms with Crippen LogP contribution in [0, 0.1) is 0 Å². The van der Waals surface area contributed by atoms with E-state index in [1.54, 1.807) is 13.8 Å². The van der Waals surface area contributed by atoms with Crippen LogP contribution in [0.25, 0.3) is 0 Å². The molecular formula is C12H15NO5. The number of ether oxygens (including phenoxy) is 1. The van der Waals surface area contributed by atoms with Crippen LogP contribution >= 0.6 is 0 Å². The molecule has 6 heteroatoms. The van der Waals surface area contributed by atoms with Crippen molar-refractivity contribution in [1.29, 1.82) is 0 Å². The summed E-state index contributed by atoms with van der Waals surface area (Å²) in [5.74, 6) is -1.90. The first-order chi connectivity index (χ1) is 8.27. The van der Waals surface area contributed by atoms with Crippen LogP contribution in [-0.2, 0) is 9.53 Å². The van der Waals surface area contributed by atoms with Crippen molar-refractivity contribution in [1.82, 2.24) is 0 Å². The molecule has 1 rings (SSSR count). The SMILES string of the molecule is COC(C)(C)C(=O)Nc1ccc(C(=O)O)cc1O. The number of aromatic carboxylic acids is 1. The van der Waals surface area contributed by atoms with Gasteiger partial charge in [0.05, 0.1) is 11.3 Å². The molecule has 0 aliphatic carbocycles. The Bertz CT molecular complexity index is 481. The first kappa shape index (κ1) is 14.0. The van der Waals surface area contributed by atoms with Crippen molar-refractivity contribution < 1.29 is 24.5 Å². The van der Waals surface area contributed by atoms with Crippen LogP contribution in [0.3, 0.4) is 0 Å². The lowest BCUT2D eigenvalue weighted by atomic mass is 10.1. The van der Waals surface area contributed by atoms with Crippen molar-refractivity contribution in [3.05, 3.63) is 23.8 Å². The van der Waals surface area contributed by atoms with Gasteiger partial charge in [-0.05, 0) is 32.0 Å². The molecule has 0 spiro atoms. The number of benzene rings is 1. The lowest BCUT2D eigenvalue weighted by Crippen LogP contribution is -2.38. The Morgan fingerprint density at radius 2 is 1.94 bits per heavy atom. The number of phenolic OH excluding ortho intramolecular Hbond substituents is 1. The molecule has 0 aliphatic rings. The van der Waals surface area contributed by atoms with E-state index in [0.29, 0.717) is 0 Å². The first-order valence-corrected chi connectivity index (χ1v) is 5.21. The van der Waals surface area contributed by atoms with Gasteiger partial charge in [-0.1, -0.05) is 0 Å². The Hall–Kier alpha value is -2.08. The molecule has 0 saturated heterocycles.